The van der Waals surface area contributed by atoms with Crippen molar-refractivity contribution < 1.29 is 9.59 Å². The number of nitrogens with one attached hydrogen (secondary N) is 3. The summed E-state index contributed by atoms with van der Waals surface area (Å²) in [6, 6.07) is 8.18. The Hall–Kier alpha value is -1.88. The van der Waals surface area contributed by atoms with Gasteiger partial charge < -0.3 is 10.6 Å². The summed E-state index contributed by atoms with van der Waals surface area (Å²) in [5, 5.41) is 8.24. The molecule has 5 nitrogen and oxygen atoms in total. The zero-order valence-electron chi connectivity index (χ0n) is 16.3. The minimum absolute atomic E-state index is 0.00630. The number of urea groups is 1. The molecule has 140 valence electrons. The highest BCUT2D eigenvalue weighted by Gasteiger charge is 2.18. The Labute approximate surface area is 152 Å². The first-order valence-corrected chi connectivity index (χ1v) is 9.18. The summed E-state index contributed by atoms with van der Waals surface area (Å²) in [6.07, 6.45) is 1.11. The van der Waals surface area contributed by atoms with E-state index >= 15 is 0 Å². The van der Waals surface area contributed by atoms with Crippen LogP contribution in [0.4, 0.5) is 4.79 Å². The summed E-state index contributed by atoms with van der Waals surface area (Å²) in [5.41, 5.74) is 2.48. The average Bonchev–Trinajstić information content (AvgIpc) is 2.53. The van der Waals surface area contributed by atoms with Crippen LogP contribution in [0.3, 0.4) is 0 Å². The molecule has 2 atom stereocenters. The molecule has 0 aromatic heterocycles. The predicted molar refractivity (Wildman–Crippen MR) is 103 cm³/mol. The maximum absolute atomic E-state index is 11.9. The van der Waals surface area contributed by atoms with Crippen LogP contribution in [-0.2, 0) is 4.79 Å². The molecule has 1 aromatic carbocycles. The molecule has 0 fully saturated rings. The second-order valence-corrected chi connectivity index (χ2v) is 7.25. The summed E-state index contributed by atoms with van der Waals surface area (Å²) in [4.78, 5) is 23.5. The van der Waals surface area contributed by atoms with E-state index in [0.29, 0.717) is 11.8 Å². The van der Waals surface area contributed by atoms with Gasteiger partial charge >= 0.3 is 6.03 Å². The first-order chi connectivity index (χ1) is 11.7. The summed E-state index contributed by atoms with van der Waals surface area (Å²) in [7, 11) is 0. The number of imide groups is 1. The van der Waals surface area contributed by atoms with Crippen molar-refractivity contribution >= 4 is 11.9 Å². The summed E-state index contributed by atoms with van der Waals surface area (Å²) in [5.74, 6) is 0.538. The lowest BCUT2D eigenvalue weighted by Gasteiger charge is -2.23. The van der Waals surface area contributed by atoms with Crippen molar-refractivity contribution in [1.29, 1.82) is 0 Å². The molecule has 3 N–H and O–H groups in total. The van der Waals surface area contributed by atoms with E-state index in [4.69, 9.17) is 0 Å². The standard InChI is InChI=1S/C20H33N3O2/c1-7-15(6)16-8-10-17(11-9-16)19(13(2)3)21-12-18(24)23-20(25)22-14(4)5/h8-11,13-15,19,21H,7,12H2,1-6H3,(H2,22,23,24,25)/t15-,19+/m0/s1. The van der Waals surface area contributed by atoms with Gasteiger partial charge in [-0.25, -0.2) is 4.79 Å². The van der Waals surface area contributed by atoms with E-state index in [2.05, 4.69) is 67.9 Å². The third-order valence-electron chi connectivity index (χ3n) is 4.30. The molecule has 0 aliphatic carbocycles. The molecule has 0 saturated heterocycles. The van der Waals surface area contributed by atoms with Gasteiger partial charge in [-0.1, -0.05) is 52.0 Å². The third kappa shape index (κ3) is 7.26. The zero-order chi connectivity index (χ0) is 19.0. The lowest BCUT2D eigenvalue weighted by atomic mass is 9.92. The largest absolute Gasteiger partial charge is 0.336 e. The number of hydrogen-bond donors (Lipinski definition) is 3. The van der Waals surface area contributed by atoms with E-state index in [-0.39, 0.29) is 24.5 Å². The van der Waals surface area contributed by atoms with Gasteiger partial charge in [-0.05, 0) is 43.2 Å². The topological polar surface area (TPSA) is 70.2 Å². The number of rotatable bonds is 8. The van der Waals surface area contributed by atoms with Crippen LogP contribution in [0.2, 0.25) is 0 Å². The monoisotopic (exact) mass is 347 g/mol. The molecule has 0 aliphatic rings. The van der Waals surface area contributed by atoms with Crippen LogP contribution in [0.25, 0.3) is 0 Å². The Morgan fingerprint density at radius 2 is 1.52 bits per heavy atom. The van der Waals surface area contributed by atoms with Crippen LogP contribution in [0.15, 0.2) is 24.3 Å². The molecule has 25 heavy (non-hydrogen) atoms. The minimum Gasteiger partial charge on any atom is -0.336 e. The molecule has 0 heterocycles. The van der Waals surface area contributed by atoms with Gasteiger partial charge in [-0.2, -0.15) is 0 Å². The normalized spacial score (nSPS) is 13.6. The first kappa shape index (κ1) is 21.2. The second-order valence-electron chi connectivity index (χ2n) is 7.25. The van der Waals surface area contributed by atoms with Gasteiger partial charge in [0.05, 0.1) is 6.54 Å². The molecule has 0 spiro atoms. The predicted octanol–water partition coefficient (Wildman–Crippen LogP) is 3.72. The van der Waals surface area contributed by atoms with Gasteiger partial charge in [0.15, 0.2) is 0 Å². The summed E-state index contributed by atoms with van der Waals surface area (Å²) in [6.45, 7) is 12.4. The summed E-state index contributed by atoms with van der Waals surface area (Å²) >= 11 is 0. The fourth-order valence-electron chi connectivity index (χ4n) is 2.68. The fraction of sp³-hybridized carbons (Fsp3) is 0.600. The van der Waals surface area contributed by atoms with Crippen molar-refractivity contribution in [2.45, 2.75) is 66.0 Å². The average molecular weight is 348 g/mol. The van der Waals surface area contributed by atoms with Crippen LogP contribution in [0.1, 0.15) is 71.0 Å². The van der Waals surface area contributed by atoms with Gasteiger partial charge in [-0.3, -0.25) is 10.1 Å². The van der Waals surface area contributed by atoms with Crippen molar-refractivity contribution in [3.05, 3.63) is 35.4 Å². The van der Waals surface area contributed by atoms with Crippen LogP contribution in [0, 0.1) is 5.92 Å². The molecule has 3 amide bonds. The van der Waals surface area contributed by atoms with Crippen molar-refractivity contribution in [3.8, 4) is 0 Å². The van der Waals surface area contributed by atoms with Crippen molar-refractivity contribution in [1.82, 2.24) is 16.0 Å². The first-order valence-electron chi connectivity index (χ1n) is 9.18. The van der Waals surface area contributed by atoms with E-state index in [0.717, 1.165) is 12.0 Å². The Kier molecular flexibility index (Phi) is 8.62. The number of benzene rings is 1. The van der Waals surface area contributed by atoms with E-state index in [9.17, 15) is 9.59 Å². The van der Waals surface area contributed by atoms with Crippen LogP contribution >= 0.6 is 0 Å². The highest BCUT2D eigenvalue weighted by atomic mass is 16.2. The maximum Gasteiger partial charge on any atom is 0.321 e. The van der Waals surface area contributed by atoms with Gasteiger partial charge in [0, 0.05) is 12.1 Å². The van der Waals surface area contributed by atoms with Gasteiger partial charge in [0.25, 0.3) is 0 Å². The summed E-state index contributed by atoms with van der Waals surface area (Å²) < 4.78 is 0. The van der Waals surface area contributed by atoms with E-state index in [1.807, 2.05) is 13.8 Å². The lowest BCUT2D eigenvalue weighted by molar-refractivity contribution is -0.119. The molecule has 5 heteroatoms. The molecule has 0 bridgehead atoms. The molecule has 1 rings (SSSR count). The fourth-order valence-corrected chi connectivity index (χ4v) is 2.68. The highest BCUT2D eigenvalue weighted by Crippen LogP contribution is 2.25. The van der Waals surface area contributed by atoms with E-state index < -0.39 is 6.03 Å². The van der Waals surface area contributed by atoms with Crippen LogP contribution in [0.5, 0.6) is 0 Å². The number of hydrogen-bond acceptors (Lipinski definition) is 3. The lowest BCUT2D eigenvalue weighted by Crippen LogP contribution is -2.46. The van der Waals surface area contributed by atoms with Crippen molar-refractivity contribution in [2.75, 3.05) is 6.54 Å². The molecule has 0 aliphatic heterocycles. The van der Waals surface area contributed by atoms with Gasteiger partial charge in [-0.15, -0.1) is 0 Å². The second kappa shape index (κ2) is 10.2. The van der Waals surface area contributed by atoms with E-state index in [1.54, 1.807) is 0 Å². The molecule has 0 unspecified atom stereocenters. The Balaban J connectivity index is 2.65. The van der Waals surface area contributed by atoms with Crippen molar-refractivity contribution in [3.63, 3.8) is 0 Å². The van der Waals surface area contributed by atoms with Crippen LogP contribution < -0.4 is 16.0 Å². The zero-order valence-corrected chi connectivity index (χ0v) is 16.3. The number of carbonyl (C=O) groups is 2. The third-order valence-corrected chi connectivity index (χ3v) is 4.30. The smallest absolute Gasteiger partial charge is 0.321 e. The Morgan fingerprint density at radius 1 is 0.960 bits per heavy atom. The SMILES string of the molecule is CC[C@H](C)c1ccc([C@H](NCC(=O)NC(=O)NC(C)C)C(C)C)cc1. The minimum atomic E-state index is -0.458. The Morgan fingerprint density at radius 3 is 2.00 bits per heavy atom. The van der Waals surface area contributed by atoms with Crippen molar-refractivity contribution in [2.24, 2.45) is 5.92 Å². The molecule has 0 saturated carbocycles. The maximum atomic E-state index is 11.9. The molecular weight excluding hydrogens is 314 g/mol. The highest BCUT2D eigenvalue weighted by molar-refractivity contribution is 5.95. The molecule has 0 radical (unpaired) electrons. The Bertz CT molecular complexity index is 553. The molecular formula is C20H33N3O2. The van der Waals surface area contributed by atoms with Gasteiger partial charge in [0.2, 0.25) is 5.91 Å². The number of carbonyl (C=O) groups excluding carboxylic acids is 2. The van der Waals surface area contributed by atoms with E-state index in [1.165, 1.54) is 5.56 Å². The quantitative estimate of drug-likeness (QED) is 0.671. The number of amides is 3. The van der Waals surface area contributed by atoms with Crippen LogP contribution in [-0.4, -0.2) is 24.5 Å². The van der Waals surface area contributed by atoms with Gasteiger partial charge in [0.1, 0.15) is 0 Å². The molecule has 1 aromatic rings.